The molecule has 4 aromatic heterocycles. The number of methoxy groups -OCH3 is 4. The molecule has 4 fully saturated rings. The molecule has 9 aromatic carbocycles. The summed E-state index contributed by atoms with van der Waals surface area (Å²) in [5, 5.41) is 19.3. The van der Waals surface area contributed by atoms with Crippen LogP contribution in [-0.4, -0.2) is 277 Å². The first-order chi connectivity index (χ1) is 72.2. The van der Waals surface area contributed by atoms with Crippen LogP contribution in [0.1, 0.15) is 69.7 Å². The average molecular weight is 2040 g/mol. The molecule has 17 rings (SSSR count). The molecule has 0 bridgehead atoms. The molecule has 0 unspecified atom stereocenters. The Morgan fingerprint density at radius 3 is 1.34 bits per heavy atom. The van der Waals surface area contributed by atoms with Gasteiger partial charge in [0, 0.05) is 215 Å². The Bertz CT molecular complexity index is 6480. The summed E-state index contributed by atoms with van der Waals surface area (Å²) in [5.41, 5.74) is 19.3. The first kappa shape index (κ1) is 110. The average Bonchev–Trinajstić information content (AvgIpc) is 0.783. The Hall–Kier alpha value is -15.2. The van der Waals surface area contributed by atoms with Gasteiger partial charge in [0.25, 0.3) is 0 Å². The Kier molecular flexibility index (Phi) is 39.7. The van der Waals surface area contributed by atoms with Gasteiger partial charge >= 0.3 is 18.1 Å². The summed E-state index contributed by atoms with van der Waals surface area (Å²) in [6.45, 7) is 39.1. The SMILES string of the molecule is CCN1CCN(c2ccc(N(C(=O)Nc3c(C)cccc3C)c3cc(NCCOC)ncn3)cc2)CC1.CCN1CCN(c2ccc(Nc3cc(N(CCOC)C(=O)Nc4c(C)cccc4C)ncn3)cc2)CC1.COc1ccc(N(C(=O)Cc2c(C)cccc2C)c2ccnc(Cc3ccc(N4CCN(C)CC4)cc3)n2)c(OC)c1.Cc1cccc(Cl)c1NC(=O)N(C)c1cc(Nc2ccc(N3CCN(C)CC3)cc2)ncn1. The summed E-state index contributed by atoms with van der Waals surface area (Å²) in [6.07, 6.45) is 6.85. The van der Waals surface area contributed by atoms with Crippen molar-refractivity contribution in [2.75, 3.05) is 265 Å². The minimum absolute atomic E-state index is 0.114. The molecule has 4 aliphatic rings. The van der Waals surface area contributed by atoms with Gasteiger partial charge in [0.2, 0.25) is 5.91 Å². The molecule has 7 amide bonds. The molecule has 149 heavy (non-hydrogen) atoms. The van der Waals surface area contributed by atoms with Gasteiger partial charge < -0.3 is 90.0 Å². The third-order valence-electron chi connectivity index (χ3n) is 27.1. The molecule has 8 heterocycles. The van der Waals surface area contributed by atoms with Crippen LogP contribution in [-0.2, 0) is 27.1 Å². The Morgan fingerprint density at radius 2 is 0.846 bits per heavy atom. The monoisotopic (exact) mass is 2040 g/mol. The maximum Gasteiger partial charge on any atom is 0.332 e. The fourth-order valence-corrected chi connectivity index (χ4v) is 18.3. The number of ether oxygens (including phenoxy) is 4. The number of para-hydroxylation sites is 3. The smallest absolute Gasteiger partial charge is 0.332 e. The van der Waals surface area contributed by atoms with Crippen LogP contribution in [0.5, 0.6) is 11.5 Å². The molecule has 13 aromatic rings. The molecule has 0 spiro atoms. The van der Waals surface area contributed by atoms with Gasteiger partial charge in [0.1, 0.15) is 77.0 Å². The molecule has 0 atom stereocenters. The van der Waals surface area contributed by atoms with Gasteiger partial charge in [-0.25, -0.2) is 59.2 Å². The number of benzene rings is 9. The quantitative estimate of drug-likeness (QED) is 0.0213. The van der Waals surface area contributed by atoms with Crippen LogP contribution < -0.4 is 80.6 Å². The lowest BCUT2D eigenvalue weighted by Gasteiger charge is -2.35. The fourth-order valence-electron chi connectivity index (χ4n) is 18.0. The first-order valence-corrected chi connectivity index (χ1v) is 51.1. The third kappa shape index (κ3) is 30.1. The number of aromatic nitrogens is 8. The van der Waals surface area contributed by atoms with Crippen LogP contribution in [0.15, 0.2) is 238 Å². The van der Waals surface area contributed by atoms with Crippen molar-refractivity contribution in [3.05, 3.63) is 298 Å². The van der Waals surface area contributed by atoms with E-state index in [1.54, 1.807) is 92.8 Å². The summed E-state index contributed by atoms with van der Waals surface area (Å²) in [7, 11) is 12.4. The predicted octanol–water partition coefficient (Wildman–Crippen LogP) is 19.3. The lowest BCUT2D eigenvalue weighted by molar-refractivity contribution is -0.117. The minimum Gasteiger partial charge on any atom is -0.497 e. The summed E-state index contributed by atoms with van der Waals surface area (Å²) >= 11 is 6.23. The molecule has 0 radical (unpaired) electrons. The van der Waals surface area contributed by atoms with Crippen LogP contribution in [0, 0.1) is 48.5 Å². The van der Waals surface area contributed by atoms with E-state index in [1.807, 2.05) is 152 Å². The number of aryl methyl sites for hydroxylation is 7. The van der Waals surface area contributed by atoms with E-state index in [4.69, 9.17) is 35.5 Å². The number of nitrogens with one attached hydrogen (secondary N) is 6. The van der Waals surface area contributed by atoms with E-state index in [0.29, 0.717) is 107 Å². The highest BCUT2D eigenvalue weighted by molar-refractivity contribution is 6.34. The van der Waals surface area contributed by atoms with Gasteiger partial charge in [-0.15, -0.1) is 0 Å². The van der Waals surface area contributed by atoms with Gasteiger partial charge in [-0.05, 0) is 235 Å². The van der Waals surface area contributed by atoms with E-state index < -0.39 is 0 Å². The van der Waals surface area contributed by atoms with Crippen molar-refractivity contribution in [1.82, 2.24) is 59.5 Å². The molecule has 782 valence electrons. The van der Waals surface area contributed by atoms with Crippen molar-refractivity contribution < 1.29 is 38.1 Å². The van der Waals surface area contributed by atoms with E-state index in [9.17, 15) is 19.2 Å². The van der Waals surface area contributed by atoms with E-state index in [1.165, 1.54) is 40.9 Å². The van der Waals surface area contributed by atoms with Crippen LogP contribution >= 0.6 is 11.6 Å². The zero-order chi connectivity index (χ0) is 105. The maximum atomic E-state index is 14.1. The summed E-state index contributed by atoms with van der Waals surface area (Å²) < 4.78 is 21.5. The third-order valence-corrected chi connectivity index (χ3v) is 27.4. The number of urea groups is 3. The second kappa shape index (κ2) is 54.0. The molecule has 0 aliphatic carbocycles. The van der Waals surface area contributed by atoms with Crippen molar-refractivity contribution >= 4 is 139 Å². The molecule has 4 aliphatic heterocycles. The largest absolute Gasteiger partial charge is 0.497 e. The number of rotatable bonds is 32. The zero-order valence-electron chi connectivity index (χ0n) is 88.6. The van der Waals surface area contributed by atoms with Crippen LogP contribution in [0.3, 0.4) is 0 Å². The topological polar surface area (TPSA) is 319 Å². The summed E-state index contributed by atoms with van der Waals surface area (Å²) in [4.78, 5) is 115. The van der Waals surface area contributed by atoms with Crippen molar-refractivity contribution in [3.63, 3.8) is 0 Å². The van der Waals surface area contributed by atoms with Crippen molar-refractivity contribution in [2.45, 2.75) is 75.2 Å². The standard InChI is InChI=1S/C34H39N5O3.2C28H37N7O2.C24H28ClN7O/c1-24-7-6-8-25(2)29(24)23-34(40)39(30-14-13-28(41-4)22-31(30)42-5)33-15-16-35-32(36-33)21-26-9-11-27(12-10-26)38-19-17-37(3)18-20-38;1-5-33-14-16-34(17-15-33)23-9-11-24(12-10-23)35(26-19-25(30-20-31-26)29-13-18-37-4)28(36)32-27-21(2)7-6-8-22(27)3;1-5-33-13-15-34(16-14-33)24-11-9-23(10-12-24)31-25-19-26(30-20-29-25)35(17-18-37-4)28(36)32-27-21(2)7-6-8-22(27)3;1-17-5-4-6-20(25)23(17)29-24(33)31(3)22-15-21(26-16-27-22)28-18-7-9-19(10-8-18)32-13-11-30(2)12-14-32/h6-16,22H,17-21,23H2,1-5H3;2*6-12,19-20H,5,13-18H2,1-4H3,(H,32,36)(H,29,30,31);4-10,15-16H,11-14H2,1-3H3,(H,29,33)(H,26,27,28). The summed E-state index contributed by atoms with van der Waals surface area (Å²) in [5.74, 6) is 5.43. The van der Waals surface area contributed by atoms with Gasteiger partial charge in [-0.2, -0.15) is 0 Å². The molecule has 6 N–H and O–H groups in total. The number of anilines is 18. The normalized spacial score (nSPS) is 13.9. The molecular formula is C114H141ClN26O8. The zero-order valence-corrected chi connectivity index (χ0v) is 89.3. The molecular weight excluding hydrogens is 1900 g/mol. The van der Waals surface area contributed by atoms with Crippen LogP contribution in [0.2, 0.25) is 5.02 Å². The van der Waals surface area contributed by atoms with Crippen LogP contribution in [0.4, 0.5) is 118 Å². The number of hydrogen-bond acceptors (Lipinski definition) is 27. The highest BCUT2D eigenvalue weighted by atomic mass is 35.5. The maximum absolute atomic E-state index is 14.1. The number of carbonyl (C=O) groups excluding carboxylic acids is 4. The number of piperazine rings is 4. The lowest BCUT2D eigenvalue weighted by Crippen LogP contribution is -2.46. The first-order valence-electron chi connectivity index (χ1n) is 50.7. The number of hydrogen-bond donors (Lipinski definition) is 6. The Morgan fingerprint density at radius 1 is 0.409 bits per heavy atom. The lowest BCUT2D eigenvalue weighted by atomic mass is 9.99. The summed E-state index contributed by atoms with van der Waals surface area (Å²) in [6, 6.07) is 68.4. The number of nitrogens with zero attached hydrogens (tertiary/aromatic N) is 20. The second-order valence-electron chi connectivity index (χ2n) is 37.3. The van der Waals surface area contributed by atoms with Crippen LogP contribution in [0.25, 0.3) is 0 Å². The molecule has 34 nitrogen and oxygen atoms in total. The second-order valence-corrected chi connectivity index (χ2v) is 37.7. The van der Waals surface area contributed by atoms with Crippen molar-refractivity contribution in [1.29, 1.82) is 0 Å². The number of carbonyl (C=O) groups is 4. The van der Waals surface area contributed by atoms with Crippen molar-refractivity contribution in [2.24, 2.45) is 0 Å². The van der Waals surface area contributed by atoms with Gasteiger partial charge in [-0.3, -0.25) is 19.5 Å². The highest BCUT2D eigenvalue weighted by Crippen LogP contribution is 2.39. The molecule has 0 saturated carbocycles. The number of likely N-dealkylation sites (N-methyl/N-ethyl adjacent to an activating group) is 4. The highest BCUT2D eigenvalue weighted by Gasteiger charge is 2.30. The minimum atomic E-state index is -0.340. The molecule has 35 heteroatoms. The van der Waals surface area contributed by atoms with E-state index in [2.05, 4.69) is 207 Å². The number of amides is 7. The Balaban J connectivity index is 0.000000157. The van der Waals surface area contributed by atoms with E-state index in [-0.39, 0.29) is 30.4 Å². The molecule has 4 saturated heterocycles. The Labute approximate surface area is 881 Å². The van der Waals surface area contributed by atoms with Gasteiger partial charge in [-0.1, -0.05) is 104 Å². The van der Waals surface area contributed by atoms with Gasteiger partial charge in [0.05, 0.1) is 62.5 Å². The van der Waals surface area contributed by atoms with E-state index >= 15 is 0 Å². The predicted molar refractivity (Wildman–Crippen MR) is 603 cm³/mol. The van der Waals surface area contributed by atoms with Gasteiger partial charge in [0.15, 0.2) is 0 Å². The fraction of sp³-hybridized carbons (Fsp3) is 0.351. The van der Waals surface area contributed by atoms with E-state index in [0.717, 1.165) is 202 Å². The number of halogens is 1. The van der Waals surface area contributed by atoms with Crippen molar-refractivity contribution in [3.8, 4) is 11.5 Å².